The summed E-state index contributed by atoms with van der Waals surface area (Å²) in [5.74, 6) is -0.660. The monoisotopic (exact) mass is 311 g/mol. The van der Waals surface area contributed by atoms with E-state index in [0.717, 1.165) is 5.56 Å². The molecule has 1 heterocycles. The third-order valence-electron chi connectivity index (χ3n) is 3.03. The van der Waals surface area contributed by atoms with Crippen LogP contribution in [0.4, 0.5) is 4.39 Å². The Labute approximate surface area is 133 Å². The van der Waals surface area contributed by atoms with Crippen LogP contribution in [0.15, 0.2) is 48.3 Å². The number of hydrogen-bond acceptors (Lipinski definition) is 4. The molecule has 5 nitrogen and oxygen atoms in total. The van der Waals surface area contributed by atoms with Crippen LogP contribution in [0.3, 0.4) is 0 Å². The van der Waals surface area contributed by atoms with Crippen LogP contribution in [0.5, 0.6) is 5.75 Å². The van der Waals surface area contributed by atoms with Crippen LogP contribution in [0.1, 0.15) is 11.1 Å². The second kappa shape index (κ2) is 7.71. The van der Waals surface area contributed by atoms with E-state index < -0.39 is 11.7 Å². The Hall–Kier alpha value is -3.20. The molecule has 1 aromatic carbocycles. The minimum absolute atomic E-state index is 0.141. The number of benzene rings is 1. The minimum atomic E-state index is -0.553. The molecule has 0 fully saturated rings. The summed E-state index contributed by atoms with van der Waals surface area (Å²) in [7, 11) is 1.43. The number of halogens is 1. The van der Waals surface area contributed by atoms with E-state index in [0.29, 0.717) is 11.3 Å². The quantitative estimate of drug-likeness (QED) is 0.680. The Morgan fingerprint density at radius 3 is 2.96 bits per heavy atom. The van der Waals surface area contributed by atoms with Gasteiger partial charge in [0.05, 0.1) is 7.11 Å². The van der Waals surface area contributed by atoms with Crippen molar-refractivity contribution in [2.45, 2.75) is 6.54 Å². The summed E-state index contributed by atoms with van der Waals surface area (Å²) in [6, 6.07) is 9.24. The van der Waals surface area contributed by atoms with Crippen molar-refractivity contribution in [3.8, 4) is 11.8 Å². The number of carbonyl (C=O) groups is 1. The van der Waals surface area contributed by atoms with E-state index >= 15 is 0 Å². The first-order chi connectivity index (χ1) is 11.1. The van der Waals surface area contributed by atoms with Crippen molar-refractivity contribution >= 4 is 12.0 Å². The van der Waals surface area contributed by atoms with Gasteiger partial charge in [0, 0.05) is 24.5 Å². The Morgan fingerprint density at radius 2 is 2.30 bits per heavy atom. The molecule has 1 N–H and O–H groups in total. The fourth-order valence-corrected chi connectivity index (χ4v) is 1.90. The van der Waals surface area contributed by atoms with Crippen LogP contribution in [0, 0.1) is 17.1 Å². The molecule has 0 saturated carbocycles. The molecule has 6 heteroatoms. The normalized spacial score (nSPS) is 10.7. The third-order valence-corrected chi connectivity index (χ3v) is 3.03. The van der Waals surface area contributed by atoms with Crippen LogP contribution < -0.4 is 10.1 Å². The lowest BCUT2D eigenvalue weighted by molar-refractivity contribution is -0.117. The molecule has 2 rings (SSSR count). The number of hydrogen-bond donors (Lipinski definition) is 1. The molecule has 2 aromatic rings. The number of nitriles is 1. The highest BCUT2D eigenvalue weighted by molar-refractivity contribution is 6.01. The van der Waals surface area contributed by atoms with Gasteiger partial charge in [-0.2, -0.15) is 5.26 Å². The van der Waals surface area contributed by atoms with E-state index in [1.54, 1.807) is 24.5 Å². The van der Waals surface area contributed by atoms with Crippen molar-refractivity contribution in [3.63, 3.8) is 0 Å². The summed E-state index contributed by atoms with van der Waals surface area (Å²) in [6.07, 6.45) is 4.54. The Balaban J connectivity index is 2.17. The highest BCUT2D eigenvalue weighted by atomic mass is 19.1. The maximum absolute atomic E-state index is 13.3. The lowest BCUT2D eigenvalue weighted by Crippen LogP contribution is -2.24. The molecule has 1 aromatic heterocycles. The first-order valence-electron chi connectivity index (χ1n) is 6.76. The van der Waals surface area contributed by atoms with Gasteiger partial charge >= 0.3 is 0 Å². The number of amides is 1. The number of ether oxygens (including phenoxy) is 1. The molecule has 1 amide bonds. The zero-order valence-electron chi connectivity index (χ0n) is 12.4. The van der Waals surface area contributed by atoms with E-state index in [1.807, 2.05) is 6.07 Å². The number of pyridine rings is 1. The first kappa shape index (κ1) is 16.2. The molecule has 0 radical (unpaired) electrons. The maximum Gasteiger partial charge on any atom is 0.262 e. The van der Waals surface area contributed by atoms with Crippen LogP contribution in [0.2, 0.25) is 0 Å². The smallest absolute Gasteiger partial charge is 0.262 e. The summed E-state index contributed by atoms with van der Waals surface area (Å²) >= 11 is 0. The molecule has 0 atom stereocenters. The van der Waals surface area contributed by atoms with E-state index in [1.165, 1.54) is 31.4 Å². The topological polar surface area (TPSA) is 75.0 Å². The molecule has 0 aliphatic carbocycles. The number of methoxy groups -OCH3 is 1. The molecule has 116 valence electrons. The van der Waals surface area contributed by atoms with Gasteiger partial charge in [0.25, 0.3) is 5.91 Å². The van der Waals surface area contributed by atoms with Gasteiger partial charge in [-0.1, -0.05) is 6.07 Å². The summed E-state index contributed by atoms with van der Waals surface area (Å²) in [6.45, 7) is 0.242. The van der Waals surface area contributed by atoms with Crippen molar-refractivity contribution in [2.24, 2.45) is 0 Å². The van der Waals surface area contributed by atoms with Crippen molar-refractivity contribution in [1.82, 2.24) is 10.3 Å². The fourth-order valence-electron chi connectivity index (χ4n) is 1.90. The van der Waals surface area contributed by atoms with Gasteiger partial charge < -0.3 is 10.1 Å². The van der Waals surface area contributed by atoms with Crippen molar-refractivity contribution in [1.29, 1.82) is 5.26 Å². The second-order valence-electron chi connectivity index (χ2n) is 4.60. The van der Waals surface area contributed by atoms with Crippen molar-refractivity contribution < 1.29 is 13.9 Å². The van der Waals surface area contributed by atoms with Gasteiger partial charge in [-0.05, 0) is 35.9 Å². The zero-order valence-corrected chi connectivity index (χ0v) is 12.4. The Bertz CT molecular complexity index is 767. The lowest BCUT2D eigenvalue weighted by Gasteiger charge is -2.07. The molecule has 0 bridgehead atoms. The first-order valence-corrected chi connectivity index (χ1v) is 6.76. The largest absolute Gasteiger partial charge is 0.496 e. The molecule has 23 heavy (non-hydrogen) atoms. The van der Waals surface area contributed by atoms with E-state index in [2.05, 4.69) is 10.3 Å². The van der Waals surface area contributed by atoms with Gasteiger partial charge in [0.15, 0.2) is 0 Å². The molecule has 0 saturated heterocycles. The van der Waals surface area contributed by atoms with Crippen LogP contribution >= 0.6 is 0 Å². The summed E-state index contributed by atoms with van der Waals surface area (Å²) < 4.78 is 18.4. The number of nitrogens with zero attached hydrogens (tertiary/aromatic N) is 2. The maximum atomic E-state index is 13.3. The SMILES string of the molecule is COc1ccc(F)cc1/C=C(\C#N)C(=O)NCc1cccnc1. The van der Waals surface area contributed by atoms with Crippen molar-refractivity contribution in [3.05, 3.63) is 65.2 Å². The average Bonchev–Trinajstić information content (AvgIpc) is 2.58. The number of nitrogens with one attached hydrogen (secondary N) is 1. The average molecular weight is 311 g/mol. The van der Waals surface area contributed by atoms with Gasteiger partial charge in [-0.25, -0.2) is 4.39 Å². The van der Waals surface area contributed by atoms with Crippen LogP contribution in [0.25, 0.3) is 6.08 Å². The number of aromatic nitrogens is 1. The number of carbonyl (C=O) groups excluding carboxylic acids is 1. The Kier molecular flexibility index (Phi) is 5.42. The van der Waals surface area contributed by atoms with Gasteiger partial charge in [-0.15, -0.1) is 0 Å². The second-order valence-corrected chi connectivity index (χ2v) is 4.60. The van der Waals surface area contributed by atoms with E-state index in [9.17, 15) is 9.18 Å². The summed E-state index contributed by atoms with van der Waals surface area (Å²) in [5.41, 5.74) is 0.986. The van der Waals surface area contributed by atoms with Crippen molar-refractivity contribution in [2.75, 3.05) is 7.11 Å². The molecule has 0 spiro atoms. The van der Waals surface area contributed by atoms with E-state index in [4.69, 9.17) is 10.00 Å². The molecular weight excluding hydrogens is 297 g/mol. The van der Waals surface area contributed by atoms with Crippen LogP contribution in [-0.4, -0.2) is 18.0 Å². The minimum Gasteiger partial charge on any atom is -0.496 e. The van der Waals surface area contributed by atoms with E-state index in [-0.39, 0.29) is 12.1 Å². The van der Waals surface area contributed by atoms with Crippen LogP contribution in [-0.2, 0) is 11.3 Å². The highest BCUT2D eigenvalue weighted by Crippen LogP contribution is 2.22. The summed E-state index contributed by atoms with van der Waals surface area (Å²) in [4.78, 5) is 16.0. The molecule has 0 unspecified atom stereocenters. The summed E-state index contributed by atoms with van der Waals surface area (Å²) in [5, 5.41) is 11.8. The zero-order chi connectivity index (χ0) is 16.7. The fraction of sp³-hybridized carbons (Fsp3) is 0.118. The molecule has 0 aliphatic heterocycles. The predicted molar refractivity (Wildman–Crippen MR) is 82.6 cm³/mol. The molecule has 0 aliphatic rings. The van der Waals surface area contributed by atoms with Gasteiger partial charge in [0.2, 0.25) is 0 Å². The highest BCUT2D eigenvalue weighted by Gasteiger charge is 2.11. The van der Waals surface area contributed by atoms with Gasteiger partial charge in [-0.3, -0.25) is 9.78 Å². The lowest BCUT2D eigenvalue weighted by atomic mass is 10.1. The third kappa shape index (κ3) is 4.38. The standard InChI is InChI=1S/C17H14FN3O2/c1-23-16-5-4-15(18)8-13(16)7-14(9-19)17(22)21-11-12-3-2-6-20-10-12/h2-8,10H,11H2,1H3,(H,21,22)/b14-7+. The molecular formula is C17H14FN3O2. The van der Waals surface area contributed by atoms with Gasteiger partial charge in [0.1, 0.15) is 23.2 Å². The predicted octanol–water partition coefficient (Wildman–Crippen LogP) is 2.45. The Morgan fingerprint density at radius 1 is 1.48 bits per heavy atom. The number of rotatable bonds is 5.